The SMILES string of the molecule is COc1ccc(C2=NN(c3ccc(SC#N)cc3)C(c3ccccc3)C2)cc1. The highest BCUT2D eigenvalue weighted by molar-refractivity contribution is 8.03. The molecule has 1 unspecified atom stereocenters. The van der Waals surface area contributed by atoms with Crippen LogP contribution in [0.2, 0.25) is 0 Å². The molecule has 0 saturated carbocycles. The van der Waals surface area contributed by atoms with E-state index in [1.54, 1.807) is 7.11 Å². The maximum atomic E-state index is 8.86. The molecular formula is C23H19N3OS. The molecule has 4 nitrogen and oxygen atoms in total. The Hall–Kier alpha value is -3.23. The summed E-state index contributed by atoms with van der Waals surface area (Å²) in [7, 11) is 1.67. The van der Waals surface area contributed by atoms with Gasteiger partial charge in [0.05, 0.1) is 24.6 Å². The fraction of sp³-hybridized carbons (Fsp3) is 0.130. The molecule has 1 aliphatic heterocycles. The van der Waals surface area contributed by atoms with Crippen molar-refractivity contribution in [3.8, 4) is 11.2 Å². The first-order valence-electron chi connectivity index (χ1n) is 9.00. The van der Waals surface area contributed by atoms with Crippen molar-refractivity contribution in [3.63, 3.8) is 0 Å². The van der Waals surface area contributed by atoms with Crippen LogP contribution in [0.25, 0.3) is 0 Å². The van der Waals surface area contributed by atoms with Crippen LogP contribution in [0.4, 0.5) is 5.69 Å². The molecule has 3 aromatic rings. The van der Waals surface area contributed by atoms with Crippen LogP contribution in [0, 0.1) is 10.7 Å². The molecule has 28 heavy (non-hydrogen) atoms. The number of hydrogen-bond donors (Lipinski definition) is 0. The number of hydrazone groups is 1. The summed E-state index contributed by atoms with van der Waals surface area (Å²) in [5, 5.41) is 18.0. The Morgan fingerprint density at radius 3 is 2.36 bits per heavy atom. The molecule has 5 heteroatoms. The highest BCUT2D eigenvalue weighted by Gasteiger charge is 2.29. The lowest BCUT2D eigenvalue weighted by atomic mass is 9.98. The second kappa shape index (κ2) is 8.20. The first-order chi connectivity index (χ1) is 13.8. The molecule has 0 aromatic heterocycles. The van der Waals surface area contributed by atoms with Crippen LogP contribution in [-0.2, 0) is 0 Å². The van der Waals surface area contributed by atoms with E-state index in [4.69, 9.17) is 15.1 Å². The zero-order valence-corrected chi connectivity index (χ0v) is 16.3. The van der Waals surface area contributed by atoms with Gasteiger partial charge in [-0.1, -0.05) is 30.3 Å². The molecule has 0 bridgehead atoms. The molecule has 0 saturated heterocycles. The van der Waals surface area contributed by atoms with E-state index >= 15 is 0 Å². The molecule has 0 N–H and O–H groups in total. The maximum Gasteiger partial charge on any atom is 0.138 e. The number of thiocyanates is 1. The third-order valence-corrected chi connectivity index (χ3v) is 5.38. The van der Waals surface area contributed by atoms with Crippen LogP contribution in [0.5, 0.6) is 5.75 Å². The van der Waals surface area contributed by atoms with Crippen LogP contribution in [0.3, 0.4) is 0 Å². The van der Waals surface area contributed by atoms with E-state index < -0.39 is 0 Å². The van der Waals surface area contributed by atoms with Gasteiger partial charge in [0.1, 0.15) is 11.2 Å². The van der Waals surface area contributed by atoms with Gasteiger partial charge in [0.25, 0.3) is 0 Å². The van der Waals surface area contributed by atoms with Crippen LogP contribution in [0.15, 0.2) is 88.9 Å². The van der Waals surface area contributed by atoms with Crippen LogP contribution < -0.4 is 9.75 Å². The monoisotopic (exact) mass is 385 g/mol. The van der Waals surface area contributed by atoms with E-state index in [-0.39, 0.29) is 6.04 Å². The highest BCUT2D eigenvalue weighted by atomic mass is 32.2. The summed E-state index contributed by atoms with van der Waals surface area (Å²) in [5.74, 6) is 0.837. The first kappa shape index (κ1) is 18.1. The summed E-state index contributed by atoms with van der Waals surface area (Å²) < 4.78 is 5.27. The predicted octanol–water partition coefficient (Wildman–Crippen LogP) is 5.62. The standard InChI is InChI=1S/C23H19N3OS/c1-27-20-11-7-17(8-12-20)22-15-23(18-5-3-2-4-6-18)26(25-22)19-9-13-21(14-10-19)28-16-24/h2-14,23H,15H2,1H3. The third kappa shape index (κ3) is 3.73. The molecule has 0 aliphatic carbocycles. The van der Waals surface area contributed by atoms with E-state index in [9.17, 15) is 0 Å². The average Bonchev–Trinajstić information content (AvgIpc) is 3.21. The first-order valence-corrected chi connectivity index (χ1v) is 9.82. The zero-order valence-electron chi connectivity index (χ0n) is 15.4. The van der Waals surface area contributed by atoms with Gasteiger partial charge in [-0.2, -0.15) is 10.4 Å². The lowest BCUT2D eigenvalue weighted by Crippen LogP contribution is -2.18. The van der Waals surface area contributed by atoms with Crippen molar-refractivity contribution in [3.05, 3.63) is 90.0 Å². The molecule has 4 rings (SSSR count). The summed E-state index contributed by atoms with van der Waals surface area (Å²) in [6, 6.07) is 26.6. The molecule has 138 valence electrons. The van der Waals surface area contributed by atoms with Crippen LogP contribution in [-0.4, -0.2) is 12.8 Å². The van der Waals surface area contributed by atoms with Crippen molar-refractivity contribution in [2.24, 2.45) is 5.10 Å². The number of anilines is 1. The van der Waals surface area contributed by atoms with E-state index in [1.807, 2.05) is 42.5 Å². The predicted molar refractivity (Wildman–Crippen MR) is 114 cm³/mol. The van der Waals surface area contributed by atoms with Crippen molar-refractivity contribution in [1.82, 2.24) is 0 Å². The van der Waals surface area contributed by atoms with Crippen LogP contribution in [0.1, 0.15) is 23.6 Å². The normalized spacial score (nSPS) is 15.8. The molecule has 1 heterocycles. The number of thioether (sulfide) groups is 1. The molecule has 1 aliphatic rings. The number of hydrogen-bond acceptors (Lipinski definition) is 5. The summed E-state index contributed by atoms with van der Waals surface area (Å²) in [6.07, 6.45) is 0.824. The minimum atomic E-state index is 0.132. The molecular weight excluding hydrogens is 366 g/mol. The number of benzene rings is 3. The Bertz CT molecular complexity index is 1010. The number of nitrogens with zero attached hydrogens (tertiary/aromatic N) is 3. The Morgan fingerprint density at radius 2 is 1.71 bits per heavy atom. The average molecular weight is 385 g/mol. The zero-order chi connectivity index (χ0) is 19.3. The van der Waals surface area contributed by atoms with Gasteiger partial charge in [-0.3, -0.25) is 5.01 Å². The third-order valence-electron chi connectivity index (χ3n) is 4.78. The summed E-state index contributed by atoms with van der Waals surface area (Å²) in [6.45, 7) is 0. The highest BCUT2D eigenvalue weighted by Crippen LogP contribution is 2.37. The Kier molecular flexibility index (Phi) is 5.31. The van der Waals surface area contributed by atoms with Gasteiger partial charge in [0.15, 0.2) is 0 Å². The molecule has 0 fully saturated rings. The molecule has 0 spiro atoms. The van der Waals surface area contributed by atoms with Crippen molar-refractivity contribution < 1.29 is 4.74 Å². The lowest BCUT2D eigenvalue weighted by molar-refractivity contribution is 0.415. The molecule has 1 atom stereocenters. The largest absolute Gasteiger partial charge is 0.497 e. The second-order valence-corrected chi connectivity index (χ2v) is 7.30. The summed E-state index contributed by atoms with van der Waals surface area (Å²) in [5.41, 5.74) is 4.39. The Morgan fingerprint density at radius 1 is 1.00 bits per heavy atom. The topological polar surface area (TPSA) is 48.6 Å². The second-order valence-electron chi connectivity index (χ2n) is 6.44. The minimum Gasteiger partial charge on any atom is -0.497 e. The molecule has 3 aromatic carbocycles. The number of rotatable bonds is 5. The van der Waals surface area contributed by atoms with E-state index in [2.05, 4.69) is 46.8 Å². The van der Waals surface area contributed by atoms with Gasteiger partial charge in [0, 0.05) is 11.3 Å². The van der Waals surface area contributed by atoms with E-state index in [0.717, 1.165) is 45.8 Å². The fourth-order valence-electron chi connectivity index (χ4n) is 3.36. The van der Waals surface area contributed by atoms with Gasteiger partial charge < -0.3 is 4.74 Å². The van der Waals surface area contributed by atoms with Gasteiger partial charge in [-0.15, -0.1) is 0 Å². The number of methoxy groups -OCH3 is 1. The van der Waals surface area contributed by atoms with E-state index in [1.165, 1.54) is 5.56 Å². The molecule has 0 radical (unpaired) electrons. The van der Waals surface area contributed by atoms with Gasteiger partial charge in [-0.25, -0.2) is 0 Å². The van der Waals surface area contributed by atoms with Crippen molar-refractivity contribution >= 4 is 23.2 Å². The maximum absolute atomic E-state index is 8.86. The Labute approximate surface area is 169 Å². The van der Waals surface area contributed by atoms with E-state index in [0.29, 0.717) is 0 Å². The lowest BCUT2D eigenvalue weighted by Gasteiger charge is -2.24. The smallest absolute Gasteiger partial charge is 0.138 e. The van der Waals surface area contributed by atoms with Gasteiger partial charge >= 0.3 is 0 Å². The summed E-state index contributed by atoms with van der Waals surface area (Å²) in [4.78, 5) is 0.932. The molecule has 0 amide bonds. The van der Waals surface area contributed by atoms with Gasteiger partial charge in [0.2, 0.25) is 0 Å². The fourth-order valence-corrected chi connectivity index (χ4v) is 3.74. The van der Waals surface area contributed by atoms with Crippen LogP contribution >= 0.6 is 11.8 Å². The number of ether oxygens (including phenoxy) is 1. The Balaban J connectivity index is 1.69. The summed E-state index contributed by atoms with van der Waals surface area (Å²) >= 11 is 1.16. The van der Waals surface area contributed by atoms with Gasteiger partial charge in [-0.05, 0) is 71.4 Å². The van der Waals surface area contributed by atoms with Crippen molar-refractivity contribution in [1.29, 1.82) is 5.26 Å². The van der Waals surface area contributed by atoms with Crippen molar-refractivity contribution in [2.45, 2.75) is 17.4 Å². The quantitative estimate of drug-likeness (QED) is 0.422. The number of nitriles is 1. The van der Waals surface area contributed by atoms with Crippen molar-refractivity contribution in [2.75, 3.05) is 12.1 Å². The minimum absolute atomic E-state index is 0.132.